The summed E-state index contributed by atoms with van der Waals surface area (Å²) in [4.78, 5) is 69.9. The topological polar surface area (TPSA) is 158 Å². The highest BCUT2D eigenvalue weighted by atomic mass is 16.6. The summed E-state index contributed by atoms with van der Waals surface area (Å²) in [5.74, 6) is -5.02. The van der Waals surface area contributed by atoms with E-state index >= 15 is 0 Å². The Balaban J connectivity index is 6.58. The molecule has 5 atom stereocenters. The molecule has 0 heterocycles. The van der Waals surface area contributed by atoms with E-state index in [4.69, 9.17) is 28.4 Å². The summed E-state index contributed by atoms with van der Waals surface area (Å²) >= 11 is 0. The number of rotatable bonds is 12. The highest BCUT2D eigenvalue weighted by Gasteiger charge is 2.47. The van der Waals surface area contributed by atoms with Gasteiger partial charge in [0.15, 0.2) is 30.5 Å². The lowest BCUT2D eigenvalue weighted by molar-refractivity contribution is -0.210. The van der Waals surface area contributed by atoms with Crippen molar-refractivity contribution in [3.63, 3.8) is 0 Å². The van der Waals surface area contributed by atoms with E-state index in [0.717, 1.165) is 47.6 Å². The van der Waals surface area contributed by atoms with E-state index in [1.54, 1.807) is 0 Å². The van der Waals surface area contributed by atoms with E-state index in [-0.39, 0.29) is 0 Å². The lowest BCUT2D eigenvalue weighted by Gasteiger charge is -2.37. The van der Waals surface area contributed by atoms with Gasteiger partial charge in [-0.3, -0.25) is 28.8 Å². The van der Waals surface area contributed by atoms with Gasteiger partial charge in [-0.1, -0.05) is 6.58 Å². The van der Waals surface area contributed by atoms with Crippen LogP contribution in [0, 0.1) is 0 Å². The molecule has 0 saturated carbocycles. The first kappa shape index (κ1) is 28.6. The third-order valence-corrected chi connectivity index (χ3v) is 3.55. The van der Waals surface area contributed by atoms with E-state index in [1.807, 2.05) is 0 Å². The number of ether oxygens (including phenoxy) is 6. The molecule has 0 bridgehead atoms. The van der Waals surface area contributed by atoms with Gasteiger partial charge in [-0.05, 0) is 6.08 Å². The molecule has 0 unspecified atom stereocenters. The number of hydrogen-bond acceptors (Lipinski definition) is 12. The summed E-state index contributed by atoms with van der Waals surface area (Å²) < 4.78 is 30.7. The SMILES string of the molecule is C=C[C@@H](OC(C)=O)[C@@H](OC(C)=O)[C@H](OC(C)=O)[C@@H](OC(C)=O)[C@@H](COC(C)=O)OC(C)=O. The van der Waals surface area contributed by atoms with Crippen molar-refractivity contribution in [1.82, 2.24) is 0 Å². The van der Waals surface area contributed by atoms with Crippen molar-refractivity contribution in [1.29, 1.82) is 0 Å². The van der Waals surface area contributed by atoms with Gasteiger partial charge in [0.05, 0.1) is 0 Å². The Kier molecular flexibility index (Phi) is 12.3. The van der Waals surface area contributed by atoms with Crippen LogP contribution in [0.25, 0.3) is 0 Å². The quantitative estimate of drug-likeness (QED) is 0.224. The van der Waals surface area contributed by atoms with E-state index < -0.39 is 72.9 Å². The second kappa shape index (κ2) is 13.8. The molecule has 0 radical (unpaired) electrons. The van der Waals surface area contributed by atoms with E-state index in [2.05, 4.69) is 6.58 Å². The average Bonchev–Trinajstić information content (AvgIpc) is 2.63. The van der Waals surface area contributed by atoms with Crippen molar-refractivity contribution in [3.8, 4) is 0 Å². The molecule has 0 aliphatic heterocycles. The highest BCUT2D eigenvalue weighted by Crippen LogP contribution is 2.24. The summed E-state index contributed by atoms with van der Waals surface area (Å²) in [6.45, 7) is 9.20. The third-order valence-electron chi connectivity index (χ3n) is 3.55. The molecule has 0 aromatic rings. The van der Waals surface area contributed by atoms with Gasteiger partial charge >= 0.3 is 35.8 Å². The van der Waals surface area contributed by atoms with E-state index in [0.29, 0.717) is 0 Å². The highest BCUT2D eigenvalue weighted by molar-refractivity contribution is 5.70. The van der Waals surface area contributed by atoms with Crippen LogP contribution < -0.4 is 0 Å². The van der Waals surface area contributed by atoms with E-state index in [9.17, 15) is 28.8 Å². The van der Waals surface area contributed by atoms with Crippen LogP contribution in [0.4, 0.5) is 0 Å². The molecule has 0 aliphatic rings. The Bertz CT molecular complexity index is 728. The molecule has 0 amide bonds. The lowest BCUT2D eigenvalue weighted by atomic mass is 9.97. The van der Waals surface area contributed by atoms with Crippen LogP contribution >= 0.6 is 0 Å². The Morgan fingerprint density at radius 1 is 0.594 bits per heavy atom. The Morgan fingerprint density at radius 3 is 1.38 bits per heavy atom. The molecule has 180 valence electrons. The maximum atomic E-state index is 11.8. The van der Waals surface area contributed by atoms with Gasteiger partial charge in [0.25, 0.3) is 0 Å². The molecular formula is C20H28O12. The molecule has 0 aliphatic carbocycles. The van der Waals surface area contributed by atoms with Crippen LogP contribution in [0.2, 0.25) is 0 Å². The summed E-state index contributed by atoms with van der Waals surface area (Å²) in [7, 11) is 0. The Hall–Kier alpha value is -3.44. The monoisotopic (exact) mass is 460 g/mol. The maximum absolute atomic E-state index is 11.8. The fourth-order valence-electron chi connectivity index (χ4n) is 2.62. The van der Waals surface area contributed by atoms with Gasteiger partial charge in [0, 0.05) is 41.5 Å². The molecule has 0 fully saturated rings. The summed E-state index contributed by atoms with van der Waals surface area (Å²) in [5.41, 5.74) is 0. The third kappa shape index (κ3) is 11.1. The van der Waals surface area contributed by atoms with Gasteiger partial charge in [0.2, 0.25) is 0 Å². The zero-order valence-electron chi connectivity index (χ0n) is 18.8. The van der Waals surface area contributed by atoms with Crippen molar-refractivity contribution in [2.24, 2.45) is 0 Å². The van der Waals surface area contributed by atoms with Gasteiger partial charge in [-0.25, -0.2) is 0 Å². The maximum Gasteiger partial charge on any atom is 0.303 e. The summed E-state index contributed by atoms with van der Waals surface area (Å²) in [5, 5.41) is 0. The second-order valence-electron chi connectivity index (χ2n) is 6.48. The van der Waals surface area contributed by atoms with Crippen molar-refractivity contribution in [3.05, 3.63) is 12.7 Å². The zero-order valence-corrected chi connectivity index (χ0v) is 18.8. The van der Waals surface area contributed by atoms with Crippen LogP contribution in [-0.4, -0.2) is 72.9 Å². The second-order valence-corrected chi connectivity index (χ2v) is 6.48. The van der Waals surface area contributed by atoms with Gasteiger partial charge in [0.1, 0.15) is 6.61 Å². The van der Waals surface area contributed by atoms with Crippen LogP contribution in [0.15, 0.2) is 12.7 Å². The lowest BCUT2D eigenvalue weighted by Crippen LogP contribution is -2.56. The molecule has 12 heteroatoms. The predicted octanol–water partition coefficient (Wildman–Crippen LogP) is 0.394. The number of hydrogen-bond donors (Lipinski definition) is 0. The number of carbonyl (C=O) groups is 6. The molecule has 0 aromatic carbocycles. The molecule has 0 aromatic heterocycles. The van der Waals surface area contributed by atoms with Crippen LogP contribution in [0.5, 0.6) is 0 Å². The fourth-order valence-corrected chi connectivity index (χ4v) is 2.62. The zero-order chi connectivity index (χ0) is 25.0. The number of esters is 6. The fraction of sp³-hybridized carbons (Fsp3) is 0.600. The molecular weight excluding hydrogens is 432 g/mol. The van der Waals surface area contributed by atoms with Crippen molar-refractivity contribution in [2.75, 3.05) is 6.61 Å². The summed E-state index contributed by atoms with van der Waals surface area (Å²) in [6.07, 6.45) is -6.61. The first-order valence-corrected chi connectivity index (χ1v) is 9.40. The first-order chi connectivity index (χ1) is 14.8. The van der Waals surface area contributed by atoms with Gasteiger partial charge in [-0.15, -0.1) is 0 Å². The standard InChI is InChI=1S/C20H28O12/c1-8-16(28-11(3)22)18(30-13(5)24)20(32-15(7)26)19(31-14(6)25)17(29-12(4)23)9-27-10(2)21/h8,16-20H,1,9H2,2-7H3/t16-,17-,18-,19+,20+/m1/s1. The molecule has 0 saturated heterocycles. The summed E-state index contributed by atoms with van der Waals surface area (Å²) in [6, 6.07) is 0. The van der Waals surface area contributed by atoms with Crippen molar-refractivity contribution >= 4 is 35.8 Å². The normalized spacial score (nSPS) is 14.9. The first-order valence-electron chi connectivity index (χ1n) is 9.40. The molecule has 0 N–H and O–H groups in total. The number of carbonyl (C=O) groups excluding carboxylic acids is 6. The van der Waals surface area contributed by atoms with Crippen LogP contribution in [0.1, 0.15) is 41.5 Å². The minimum Gasteiger partial charge on any atom is -0.462 e. The average molecular weight is 460 g/mol. The minimum atomic E-state index is -1.66. The minimum absolute atomic E-state index is 0.594. The Labute approximate surface area is 185 Å². The van der Waals surface area contributed by atoms with Crippen LogP contribution in [-0.2, 0) is 57.2 Å². The van der Waals surface area contributed by atoms with E-state index in [1.165, 1.54) is 0 Å². The predicted molar refractivity (Wildman–Crippen MR) is 105 cm³/mol. The molecule has 12 nitrogen and oxygen atoms in total. The van der Waals surface area contributed by atoms with Crippen LogP contribution in [0.3, 0.4) is 0 Å². The van der Waals surface area contributed by atoms with Gasteiger partial charge in [-0.2, -0.15) is 0 Å². The molecule has 0 spiro atoms. The van der Waals surface area contributed by atoms with Crippen molar-refractivity contribution in [2.45, 2.75) is 72.1 Å². The van der Waals surface area contributed by atoms with Gasteiger partial charge < -0.3 is 28.4 Å². The Morgan fingerprint density at radius 2 is 1.00 bits per heavy atom. The molecule has 0 rings (SSSR count). The van der Waals surface area contributed by atoms with Crippen molar-refractivity contribution < 1.29 is 57.2 Å². The largest absolute Gasteiger partial charge is 0.462 e. The molecule has 32 heavy (non-hydrogen) atoms. The smallest absolute Gasteiger partial charge is 0.303 e.